The highest BCUT2D eigenvalue weighted by atomic mass is 16.5. The Morgan fingerprint density at radius 2 is 2.30 bits per heavy atom. The van der Waals surface area contributed by atoms with Gasteiger partial charge in [0.15, 0.2) is 0 Å². The summed E-state index contributed by atoms with van der Waals surface area (Å²) in [5.41, 5.74) is 0.840. The average Bonchev–Trinajstić information content (AvgIpc) is 2.17. The van der Waals surface area contributed by atoms with Crippen LogP contribution in [0.25, 0.3) is 0 Å². The second-order valence-electron chi connectivity index (χ2n) is 2.41. The van der Waals surface area contributed by atoms with Crippen LogP contribution in [0.15, 0.2) is 11.3 Å². The summed E-state index contributed by atoms with van der Waals surface area (Å²) >= 11 is 0. The Hall–Kier alpha value is -0.830. The molecule has 0 bridgehead atoms. The summed E-state index contributed by atoms with van der Waals surface area (Å²) < 4.78 is 4.73. The van der Waals surface area contributed by atoms with Gasteiger partial charge >= 0.3 is 5.97 Å². The lowest BCUT2D eigenvalue weighted by Crippen LogP contribution is -2.05. The lowest BCUT2D eigenvalue weighted by atomic mass is 10.1. The molecule has 0 aromatic rings. The third kappa shape index (κ3) is 0.926. The quantitative estimate of drug-likeness (QED) is 0.540. The second-order valence-corrected chi connectivity index (χ2v) is 2.41. The highest BCUT2D eigenvalue weighted by Gasteiger charge is 2.28. The van der Waals surface area contributed by atoms with E-state index in [1.54, 1.807) is 13.8 Å². The molecule has 1 unspecified atom stereocenters. The molecule has 1 N–H and O–H groups in total. The minimum absolute atomic E-state index is 0.179. The van der Waals surface area contributed by atoms with E-state index in [1.807, 2.05) is 0 Å². The Morgan fingerprint density at radius 1 is 1.70 bits per heavy atom. The van der Waals surface area contributed by atoms with Gasteiger partial charge in [0.25, 0.3) is 0 Å². The van der Waals surface area contributed by atoms with Crippen LogP contribution in [0.2, 0.25) is 0 Å². The lowest BCUT2D eigenvalue weighted by Gasteiger charge is -1.94. The molecule has 1 rings (SSSR count). The Bertz CT molecular complexity index is 193. The first-order chi connectivity index (χ1) is 4.66. The predicted molar refractivity (Wildman–Crippen MR) is 35.0 cm³/mol. The van der Waals surface area contributed by atoms with E-state index in [4.69, 9.17) is 9.84 Å². The number of hydrogen-bond acceptors (Lipinski definition) is 3. The van der Waals surface area contributed by atoms with Crippen molar-refractivity contribution >= 4 is 5.97 Å². The smallest absolute Gasteiger partial charge is 0.318 e. The number of cyclic esters (lactones) is 1. The summed E-state index contributed by atoms with van der Waals surface area (Å²) in [5, 5.41) is 8.64. The third-order valence-electron chi connectivity index (χ3n) is 1.81. The number of ether oxygens (including phenoxy) is 1. The van der Waals surface area contributed by atoms with Gasteiger partial charge in [-0.05, 0) is 19.4 Å². The maximum atomic E-state index is 10.8. The lowest BCUT2D eigenvalue weighted by molar-refractivity contribution is -0.140. The average molecular weight is 142 g/mol. The van der Waals surface area contributed by atoms with E-state index in [0.29, 0.717) is 5.76 Å². The van der Waals surface area contributed by atoms with Crippen molar-refractivity contribution in [3.8, 4) is 0 Å². The van der Waals surface area contributed by atoms with Crippen LogP contribution in [-0.2, 0) is 9.53 Å². The van der Waals surface area contributed by atoms with Crippen molar-refractivity contribution in [3.05, 3.63) is 11.3 Å². The molecule has 0 radical (unpaired) electrons. The molecule has 56 valence electrons. The van der Waals surface area contributed by atoms with Crippen molar-refractivity contribution in [3.63, 3.8) is 0 Å². The molecular formula is C7H10O3. The van der Waals surface area contributed by atoms with Gasteiger partial charge in [-0.25, -0.2) is 0 Å². The molecule has 1 atom stereocenters. The molecule has 0 saturated heterocycles. The second kappa shape index (κ2) is 2.42. The first kappa shape index (κ1) is 7.28. The first-order valence-electron chi connectivity index (χ1n) is 3.19. The van der Waals surface area contributed by atoms with Crippen molar-refractivity contribution in [2.75, 3.05) is 6.61 Å². The number of aliphatic hydroxyl groups is 1. The van der Waals surface area contributed by atoms with E-state index < -0.39 is 0 Å². The van der Waals surface area contributed by atoms with Gasteiger partial charge in [-0.1, -0.05) is 0 Å². The molecular weight excluding hydrogens is 132 g/mol. The molecule has 1 aliphatic heterocycles. The van der Waals surface area contributed by atoms with Crippen molar-refractivity contribution < 1.29 is 14.6 Å². The maximum absolute atomic E-state index is 10.8. The zero-order chi connectivity index (χ0) is 7.72. The standard InChI is InChI=1S/C7H10O3/c1-4-5(2)7(9)10-6(4)3-8/h5,8H,3H2,1-2H3. The van der Waals surface area contributed by atoms with Crippen LogP contribution in [0.5, 0.6) is 0 Å². The molecule has 0 fully saturated rings. The van der Waals surface area contributed by atoms with Gasteiger partial charge in [-0.15, -0.1) is 0 Å². The van der Waals surface area contributed by atoms with E-state index in [-0.39, 0.29) is 18.5 Å². The molecule has 3 heteroatoms. The molecule has 0 saturated carbocycles. The van der Waals surface area contributed by atoms with E-state index in [9.17, 15) is 4.79 Å². The van der Waals surface area contributed by atoms with Crippen LogP contribution in [0.4, 0.5) is 0 Å². The molecule has 1 heterocycles. The Labute approximate surface area is 59.3 Å². The molecule has 3 nitrogen and oxygen atoms in total. The predicted octanol–water partition coefficient (Wildman–Crippen LogP) is 0.446. The first-order valence-corrected chi connectivity index (χ1v) is 3.19. The Kier molecular flexibility index (Phi) is 1.76. The summed E-state index contributed by atoms with van der Waals surface area (Å²) in [6.07, 6.45) is 0. The fourth-order valence-electron chi connectivity index (χ4n) is 0.866. The molecule has 0 aromatic carbocycles. The Balaban J connectivity index is 2.83. The summed E-state index contributed by atoms with van der Waals surface area (Å²) in [5.74, 6) is -0.0267. The van der Waals surface area contributed by atoms with Crippen molar-refractivity contribution in [1.29, 1.82) is 0 Å². The summed E-state index contributed by atoms with van der Waals surface area (Å²) in [7, 11) is 0. The van der Waals surface area contributed by atoms with Gasteiger partial charge in [-0.2, -0.15) is 0 Å². The molecule has 0 amide bonds. The van der Waals surface area contributed by atoms with Crippen LogP contribution in [-0.4, -0.2) is 17.7 Å². The van der Waals surface area contributed by atoms with Gasteiger partial charge < -0.3 is 9.84 Å². The van der Waals surface area contributed by atoms with E-state index >= 15 is 0 Å². The molecule has 1 aliphatic rings. The maximum Gasteiger partial charge on any atom is 0.318 e. The van der Waals surface area contributed by atoms with Crippen LogP contribution in [0.1, 0.15) is 13.8 Å². The number of hydrogen-bond donors (Lipinski definition) is 1. The van der Waals surface area contributed by atoms with E-state index in [2.05, 4.69) is 0 Å². The van der Waals surface area contributed by atoms with Gasteiger partial charge in [0.2, 0.25) is 0 Å². The number of carbonyl (C=O) groups is 1. The normalized spacial score (nSPS) is 25.5. The minimum atomic E-state index is -0.262. The zero-order valence-electron chi connectivity index (χ0n) is 6.05. The molecule has 0 spiro atoms. The summed E-state index contributed by atoms with van der Waals surface area (Å²) in [4.78, 5) is 10.8. The number of esters is 1. The fraction of sp³-hybridized carbons (Fsp3) is 0.571. The number of rotatable bonds is 1. The zero-order valence-corrected chi connectivity index (χ0v) is 6.05. The highest BCUT2D eigenvalue weighted by Crippen LogP contribution is 2.24. The van der Waals surface area contributed by atoms with E-state index in [1.165, 1.54) is 0 Å². The van der Waals surface area contributed by atoms with Gasteiger partial charge in [0, 0.05) is 0 Å². The largest absolute Gasteiger partial charge is 0.428 e. The van der Waals surface area contributed by atoms with Crippen molar-refractivity contribution in [2.45, 2.75) is 13.8 Å². The third-order valence-corrected chi connectivity index (χ3v) is 1.81. The number of aliphatic hydroxyl groups excluding tert-OH is 1. The van der Waals surface area contributed by atoms with Crippen LogP contribution >= 0.6 is 0 Å². The van der Waals surface area contributed by atoms with Crippen molar-refractivity contribution in [1.82, 2.24) is 0 Å². The van der Waals surface area contributed by atoms with Gasteiger partial charge in [-0.3, -0.25) is 4.79 Å². The van der Waals surface area contributed by atoms with Crippen LogP contribution in [0, 0.1) is 5.92 Å². The van der Waals surface area contributed by atoms with Gasteiger partial charge in [0.1, 0.15) is 12.4 Å². The summed E-state index contributed by atoms with van der Waals surface area (Å²) in [6.45, 7) is 3.38. The molecule has 10 heavy (non-hydrogen) atoms. The highest BCUT2D eigenvalue weighted by molar-refractivity contribution is 5.79. The van der Waals surface area contributed by atoms with E-state index in [0.717, 1.165) is 5.57 Å². The molecule has 0 aliphatic carbocycles. The van der Waals surface area contributed by atoms with Gasteiger partial charge in [0.05, 0.1) is 5.92 Å². The van der Waals surface area contributed by atoms with Crippen LogP contribution < -0.4 is 0 Å². The monoisotopic (exact) mass is 142 g/mol. The topological polar surface area (TPSA) is 46.5 Å². The summed E-state index contributed by atoms with van der Waals surface area (Å²) in [6, 6.07) is 0. The number of carbonyl (C=O) groups excluding carboxylic acids is 1. The molecule has 0 aromatic heterocycles. The van der Waals surface area contributed by atoms with Crippen molar-refractivity contribution in [2.24, 2.45) is 5.92 Å². The minimum Gasteiger partial charge on any atom is -0.428 e. The van der Waals surface area contributed by atoms with Crippen LogP contribution in [0.3, 0.4) is 0 Å². The Morgan fingerprint density at radius 3 is 2.50 bits per heavy atom. The fourth-order valence-corrected chi connectivity index (χ4v) is 0.866. The SMILES string of the molecule is CC1=C(CO)OC(=O)C1C.